The van der Waals surface area contributed by atoms with Gasteiger partial charge in [0.15, 0.2) is 0 Å². The van der Waals surface area contributed by atoms with Crippen molar-refractivity contribution in [3.8, 4) is 5.69 Å². The van der Waals surface area contributed by atoms with Crippen LogP contribution in [0.25, 0.3) is 5.69 Å². The van der Waals surface area contributed by atoms with Gasteiger partial charge in [-0.3, -0.25) is 0 Å². The third kappa shape index (κ3) is 3.51. The molecule has 0 aliphatic rings. The number of nitrogens with zero attached hydrogens (tertiary/aromatic N) is 1. The van der Waals surface area contributed by atoms with Crippen molar-refractivity contribution < 1.29 is 13.9 Å². The molecule has 0 fully saturated rings. The summed E-state index contributed by atoms with van der Waals surface area (Å²) in [5.41, 5.74) is 1.71. The zero-order valence-corrected chi connectivity index (χ0v) is 13.7. The highest BCUT2D eigenvalue weighted by Crippen LogP contribution is 2.19. The first-order valence-corrected chi connectivity index (χ1v) is 7.78. The smallest absolute Gasteiger partial charge is 0.338 e. The largest absolute Gasteiger partial charge is 0.457 e. The summed E-state index contributed by atoms with van der Waals surface area (Å²) in [7, 11) is 0. The molecule has 1 aromatic heterocycles. The highest BCUT2D eigenvalue weighted by molar-refractivity contribution is 9.10. The SMILES string of the molecule is O=C(OCc1cccc(Br)c1F)c1ccc(-n2cccc2)cc1. The van der Waals surface area contributed by atoms with E-state index in [-0.39, 0.29) is 6.61 Å². The lowest BCUT2D eigenvalue weighted by Gasteiger charge is -2.08. The lowest BCUT2D eigenvalue weighted by Crippen LogP contribution is -2.06. The summed E-state index contributed by atoms with van der Waals surface area (Å²) in [5.74, 6) is -0.897. The van der Waals surface area contributed by atoms with Crippen LogP contribution in [0.15, 0.2) is 71.5 Å². The van der Waals surface area contributed by atoms with Crippen LogP contribution in [0.5, 0.6) is 0 Å². The van der Waals surface area contributed by atoms with Gasteiger partial charge in [0.25, 0.3) is 0 Å². The zero-order valence-electron chi connectivity index (χ0n) is 12.1. The Morgan fingerprint density at radius 2 is 1.74 bits per heavy atom. The Labute approximate surface area is 141 Å². The second-order valence-electron chi connectivity index (χ2n) is 4.93. The van der Waals surface area contributed by atoms with Crippen LogP contribution in [-0.4, -0.2) is 10.5 Å². The lowest BCUT2D eigenvalue weighted by atomic mass is 10.2. The van der Waals surface area contributed by atoms with E-state index >= 15 is 0 Å². The maximum absolute atomic E-state index is 13.8. The maximum Gasteiger partial charge on any atom is 0.338 e. The van der Waals surface area contributed by atoms with E-state index in [1.807, 2.05) is 41.2 Å². The summed E-state index contributed by atoms with van der Waals surface area (Å²) in [6.45, 7) is -0.108. The average molecular weight is 374 g/mol. The molecule has 3 nitrogen and oxygen atoms in total. The molecule has 0 bridgehead atoms. The van der Waals surface area contributed by atoms with E-state index in [4.69, 9.17) is 4.74 Å². The van der Waals surface area contributed by atoms with E-state index in [0.717, 1.165) is 5.69 Å². The highest BCUT2D eigenvalue weighted by Gasteiger charge is 2.11. The topological polar surface area (TPSA) is 31.2 Å². The van der Waals surface area contributed by atoms with E-state index in [0.29, 0.717) is 15.6 Å². The van der Waals surface area contributed by atoms with Gasteiger partial charge in [0.05, 0.1) is 10.0 Å². The van der Waals surface area contributed by atoms with Crippen molar-refractivity contribution in [1.82, 2.24) is 4.57 Å². The third-order valence-electron chi connectivity index (χ3n) is 3.40. The van der Waals surface area contributed by atoms with Crippen molar-refractivity contribution in [2.45, 2.75) is 6.61 Å². The molecule has 23 heavy (non-hydrogen) atoms. The van der Waals surface area contributed by atoms with Crippen LogP contribution in [0.3, 0.4) is 0 Å². The Kier molecular flexibility index (Phi) is 4.57. The van der Waals surface area contributed by atoms with Crippen molar-refractivity contribution in [2.24, 2.45) is 0 Å². The molecule has 0 aliphatic carbocycles. The van der Waals surface area contributed by atoms with Crippen LogP contribution in [0.1, 0.15) is 15.9 Å². The molecule has 3 aromatic rings. The first kappa shape index (κ1) is 15.5. The molecule has 116 valence electrons. The number of carbonyl (C=O) groups excluding carboxylic acids is 1. The summed E-state index contributed by atoms with van der Waals surface area (Å²) in [6.07, 6.45) is 3.84. The second-order valence-corrected chi connectivity index (χ2v) is 5.78. The molecule has 0 atom stereocenters. The number of ether oxygens (including phenoxy) is 1. The van der Waals surface area contributed by atoms with Gasteiger partial charge >= 0.3 is 5.97 Å². The fourth-order valence-corrected chi connectivity index (χ4v) is 2.57. The number of rotatable bonds is 4. The summed E-state index contributed by atoms with van der Waals surface area (Å²) < 4.78 is 21.3. The Bertz CT molecular complexity index is 814. The number of benzene rings is 2. The van der Waals surface area contributed by atoms with E-state index in [9.17, 15) is 9.18 Å². The van der Waals surface area contributed by atoms with Gasteiger partial charge in [-0.25, -0.2) is 9.18 Å². The van der Waals surface area contributed by atoms with E-state index in [2.05, 4.69) is 15.9 Å². The number of aromatic nitrogens is 1. The first-order chi connectivity index (χ1) is 11.1. The summed E-state index contributed by atoms with van der Waals surface area (Å²) in [5, 5.41) is 0. The summed E-state index contributed by atoms with van der Waals surface area (Å²) in [6, 6.07) is 15.8. The molecule has 0 amide bonds. The molecular formula is C18H13BrFNO2. The number of hydrogen-bond acceptors (Lipinski definition) is 2. The molecule has 0 aliphatic heterocycles. The molecule has 2 aromatic carbocycles. The molecule has 0 radical (unpaired) electrons. The fraction of sp³-hybridized carbons (Fsp3) is 0.0556. The van der Waals surface area contributed by atoms with Crippen molar-refractivity contribution >= 4 is 21.9 Å². The molecular weight excluding hydrogens is 361 g/mol. The monoisotopic (exact) mass is 373 g/mol. The Hall–Kier alpha value is -2.40. The number of hydrogen-bond donors (Lipinski definition) is 0. The predicted octanol–water partition coefficient (Wildman–Crippen LogP) is 4.74. The Morgan fingerprint density at radius 1 is 1.04 bits per heavy atom. The van der Waals surface area contributed by atoms with E-state index in [1.54, 1.807) is 30.3 Å². The maximum atomic E-state index is 13.8. The number of carbonyl (C=O) groups is 1. The van der Waals surface area contributed by atoms with Crippen LogP contribution in [0.4, 0.5) is 4.39 Å². The van der Waals surface area contributed by atoms with Crippen molar-refractivity contribution in [3.63, 3.8) is 0 Å². The minimum Gasteiger partial charge on any atom is -0.457 e. The van der Waals surface area contributed by atoms with Gasteiger partial charge in [-0.1, -0.05) is 12.1 Å². The second kappa shape index (κ2) is 6.79. The minimum atomic E-state index is -0.483. The van der Waals surface area contributed by atoms with Gasteiger partial charge in [-0.05, 0) is 58.4 Å². The quantitative estimate of drug-likeness (QED) is 0.618. The average Bonchev–Trinajstić information content (AvgIpc) is 3.10. The van der Waals surface area contributed by atoms with Gasteiger partial charge in [0.2, 0.25) is 0 Å². The van der Waals surface area contributed by atoms with Crippen molar-refractivity contribution in [1.29, 1.82) is 0 Å². The molecule has 5 heteroatoms. The van der Waals surface area contributed by atoms with E-state index < -0.39 is 11.8 Å². The van der Waals surface area contributed by atoms with E-state index in [1.165, 1.54) is 0 Å². The molecule has 1 heterocycles. The molecule has 3 rings (SSSR count). The van der Waals surface area contributed by atoms with Crippen LogP contribution in [-0.2, 0) is 11.3 Å². The van der Waals surface area contributed by atoms with Crippen LogP contribution in [0, 0.1) is 5.82 Å². The lowest BCUT2D eigenvalue weighted by molar-refractivity contribution is 0.0469. The number of halogens is 2. The summed E-state index contributed by atoms with van der Waals surface area (Å²) >= 11 is 3.11. The van der Waals surface area contributed by atoms with Crippen LogP contribution >= 0.6 is 15.9 Å². The van der Waals surface area contributed by atoms with Crippen LogP contribution in [0.2, 0.25) is 0 Å². The molecule has 0 saturated carbocycles. The zero-order chi connectivity index (χ0) is 16.2. The molecule has 0 spiro atoms. The van der Waals surface area contributed by atoms with Gasteiger partial charge < -0.3 is 9.30 Å². The van der Waals surface area contributed by atoms with Crippen LogP contribution < -0.4 is 0 Å². The third-order valence-corrected chi connectivity index (χ3v) is 4.01. The predicted molar refractivity (Wildman–Crippen MR) is 89.0 cm³/mol. The minimum absolute atomic E-state index is 0.108. The van der Waals surface area contributed by atoms with Gasteiger partial charge in [-0.15, -0.1) is 0 Å². The Balaban J connectivity index is 1.68. The first-order valence-electron chi connectivity index (χ1n) is 6.98. The van der Waals surface area contributed by atoms with Gasteiger partial charge in [0, 0.05) is 23.6 Å². The number of esters is 1. The van der Waals surface area contributed by atoms with Crippen molar-refractivity contribution in [2.75, 3.05) is 0 Å². The normalized spacial score (nSPS) is 10.5. The molecule has 0 unspecified atom stereocenters. The molecule has 0 saturated heterocycles. The highest BCUT2D eigenvalue weighted by atomic mass is 79.9. The standard InChI is InChI=1S/C18H13BrFNO2/c19-16-5-3-4-14(17(16)20)12-23-18(22)13-6-8-15(9-7-13)21-10-1-2-11-21/h1-11H,12H2. The van der Waals surface area contributed by atoms with Gasteiger partial charge in [0.1, 0.15) is 12.4 Å². The summed E-state index contributed by atoms with van der Waals surface area (Å²) in [4.78, 5) is 12.0. The fourth-order valence-electron chi connectivity index (χ4n) is 2.16. The molecule has 0 N–H and O–H groups in total. The Morgan fingerprint density at radius 3 is 2.43 bits per heavy atom. The van der Waals surface area contributed by atoms with Gasteiger partial charge in [-0.2, -0.15) is 0 Å². The van der Waals surface area contributed by atoms with Crippen molar-refractivity contribution in [3.05, 3.63) is 88.4 Å².